The molecule has 0 radical (unpaired) electrons. The summed E-state index contributed by atoms with van der Waals surface area (Å²) in [5.41, 5.74) is 0.0836. The van der Waals surface area contributed by atoms with Crippen LogP contribution in [-0.4, -0.2) is 23.8 Å². The highest BCUT2D eigenvalue weighted by molar-refractivity contribution is 7.15. The van der Waals surface area contributed by atoms with Gasteiger partial charge in [-0.1, -0.05) is 0 Å². The van der Waals surface area contributed by atoms with E-state index in [2.05, 4.69) is 4.98 Å². The Balaban J connectivity index is 2.37. The number of nitrogens with zero attached hydrogens (tertiary/aromatic N) is 1. The minimum atomic E-state index is -0.870. The van der Waals surface area contributed by atoms with Crippen molar-refractivity contribution in [2.75, 3.05) is 13.7 Å². The van der Waals surface area contributed by atoms with E-state index in [9.17, 15) is 5.11 Å². The zero-order chi connectivity index (χ0) is 14.8. The third kappa shape index (κ3) is 3.11. The second-order valence-corrected chi connectivity index (χ2v) is 5.92. The summed E-state index contributed by atoms with van der Waals surface area (Å²) in [6.07, 6.45) is 1.71. The number of rotatable bonds is 5. The number of aromatic nitrogens is 1. The Kier molecular flexibility index (Phi) is 4.30. The first-order chi connectivity index (χ1) is 9.45. The molecule has 108 valence electrons. The third-order valence-electron chi connectivity index (χ3n) is 2.82. The van der Waals surface area contributed by atoms with Gasteiger partial charge in [-0.15, -0.1) is 11.3 Å². The van der Waals surface area contributed by atoms with E-state index in [1.807, 2.05) is 25.1 Å². The predicted molar refractivity (Wildman–Crippen MR) is 80.5 cm³/mol. The zero-order valence-corrected chi connectivity index (χ0v) is 13.0. The minimum absolute atomic E-state index is 0.576. The standard InChI is InChI=1S/C15H19NO3S/c1-5-19-12-8-10(6-7-11(12)18-4)14-16-9-13(20-14)15(2,3)17/h6-9,17H,5H2,1-4H3. The van der Waals surface area contributed by atoms with Crippen LogP contribution in [0.4, 0.5) is 0 Å². The largest absolute Gasteiger partial charge is 0.493 e. The number of methoxy groups -OCH3 is 1. The fraction of sp³-hybridized carbons (Fsp3) is 0.400. The van der Waals surface area contributed by atoms with Gasteiger partial charge in [0.15, 0.2) is 11.5 Å². The Morgan fingerprint density at radius 2 is 2.05 bits per heavy atom. The van der Waals surface area contributed by atoms with Crippen molar-refractivity contribution in [3.63, 3.8) is 0 Å². The van der Waals surface area contributed by atoms with Crippen LogP contribution in [-0.2, 0) is 5.60 Å². The summed E-state index contributed by atoms with van der Waals surface area (Å²) in [6, 6.07) is 5.72. The van der Waals surface area contributed by atoms with E-state index >= 15 is 0 Å². The summed E-state index contributed by atoms with van der Waals surface area (Å²) in [4.78, 5) is 5.21. The number of benzene rings is 1. The van der Waals surface area contributed by atoms with Crippen LogP contribution in [0.15, 0.2) is 24.4 Å². The molecule has 0 unspecified atom stereocenters. The first-order valence-corrected chi connectivity index (χ1v) is 7.27. The molecule has 2 aromatic rings. The Morgan fingerprint density at radius 1 is 1.30 bits per heavy atom. The molecular weight excluding hydrogens is 274 g/mol. The van der Waals surface area contributed by atoms with Crippen LogP contribution in [0.3, 0.4) is 0 Å². The smallest absolute Gasteiger partial charge is 0.161 e. The van der Waals surface area contributed by atoms with E-state index in [1.54, 1.807) is 27.2 Å². The highest BCUT2D eigenvalue weighted by Gasteiger charge is 2.20. The fourth-order valence-corrected chi connectivity index (χ4v) is 2.68. The number of hydrogen-bond donors (Lipinski definition) is 1. The normalized spacial score (nSPS) is 11.4. The van der Waals surface area contributed by atoms with Gasteiger partial charge in [-0.25, -0.2) is 4.98 Å². The Morgan fingerprint density at radius 3 is 2.60 bits per heavy atom. The molecule has 1 aromatic heterocycles. The lowest BCUT2D eigenvalue weighted by molar-refractivity contribution is 0.0823. The Bertz CT molecular complexity index is 587. The summed E-state index contributed by atoms with van der Waals surface area (Å²) in [7, 11) is 1.62. The van der Waals surface area contributed by atoms with E-state index in [4.69, 9.17) is 9.47 Å². The number of ether oxygens (including phenoxy) is 2. The van der Waals surface area contributed by atoms with Crippen molar-refractivity contribution in [2.45, 2.75) is 26.4 Å². The summed E-state index contributed by atoms with van der Waals surface area (Å²) >= 11 is 1.48. The predicted octanol–water partition coefficient (Wildman–Crippen LogP) is 3.44. The van der Waals surface area contributed by atoms with Gasteiger partial charge in [0, 0.05) is 11.8 Å². The lowest BCUT2D eigenvalue weighted by Gasteiger charge is -2.13. The topological polar surface area (TPSA) is 51.6 Å². The summed E-state index contributed by atoms with van der Waals surface area (Å²) in [5, 5.41) is 10.8. The first-order valence-electron chi connectivity index (χ1n) is 6.45. The zero-order valence-electron chi connectivity index (χ0n) is 12.1. The van der Waals surface area contributed by atoms with Crippen molar-refractivity contribution in [1.29, 1.82) is 0 Å². The summed E-state index contributed by atoms with van der Waals surface area (Å²) in [6.45, 7) is 6.02. The van der Waals surface area contributed by atoms with Gasteiger partial charge in [-0.2, -0.15) is 0 Å². The van der Waals surface area contributed by atoms with E-state index in [-0.39, 0.29) is 0 Å². The molecule has 1 heterocycles. The quantitative estimate of drug-likeness (QED) is 0.917. The van der Waals surface area contributed by atoms with Crippen LogP contribution in [0.2, 0.25) is 0 Å². The Hall–Kier alpha value is -1.59. The molecule has 0 bridgehead atoms. The highest BCUT2D eigenvalue weighted by atomic mass is 32.1. The molecule has 0 fully saturated rings. The molecule has 0 amide bonds. The summed E-state index contributed by atoms with van der Waals surface area (Å²) in [5.74, 6) is 1.40. The second kappa shape index (κ2) is 5.81. The van der Waals surface area contributed by atoms with Crippen molar-refractivity contribution in [3.05, 3.63) is 29.3 Å². The molecule has 20 heavy (non-hydrogen) atoms. The van der Waals surface area contributed by atoms with Crippen molar-refractivity contribution < 1.29 is 14.6 Å². The molecule has 1 N–H and O–H groups in total. The molecule has 0 aliphatic heterocycles. The average Bonchev–Trinajstić information content (AvgIpc) is 2.88. The van der Waals surface area contributed by atoms with Crippen molar-refractivity contribution in [1.82, 2.24) is 4.98 Å². The van der Waals surface area contributed by atoms with Gasteiger partial charge in [-0.05, 0) is 39.0 Å². The van der Waals surface area contributed by atoms with Crippen molar-refractivity contribution in [3.8, 4) is 22.1 Å². The average molecular weight is 293 g/mol. The van der Waals surface area contributed by atoms with Gasteiger partial charge in [-0.3, -0.25) is 0 Å². The van der Waals surface area contributed by atoms with E-state index < -0.39 is 5.60 Å². The SMILES string of the molecule is CCOc1cc(-c2ncc(C(C)(C)O)s2)ccc1OC. The minimum Gasteiger partial charge on any atom is -0.493 e. The third-order valence-corrected chi connectivity index (χ3v) is 4.18. The highest BCUT2D eigenvalue weighted by Crippen LogP contribution is 2.36. The van der Waals surface area contributed by atoms with E-state index in [0.29, 0.717) is 18.1 Å². The van der Waals surface area contributed by atoms with Crippen LogP contribution in [0.5, 0.6) is 11.5 Å². The van der Waals surface area contributed by atoms with Crippen molar-refractivity contribution >= 4 is 11.3 Å². The van der Waals surface area contributed by atoms with Gasteiger partial charge in [0.1, 0.15) is 5.01 Å². The van der Waals surface area contributed by atoms with Gasteiger partial charge in [0.05, 0.1) is 24.2 Å². The molecule has 0 aliphatic rings. The molecular formula is C15H19NO3S. The number of aliphatic hydroxyl groups is 1. The monoisotopic (exact) mass is 293 g/mol. The van der Waals surface area contributed by atoms with Crippen LogP contribution in [0, 0.1) is 0 Å². The fourth-order valence-electron chi connectivity index (χ4n) is 1.77. The van der Waals surface area contributed by atoms with E-state index in [0.717, 1.165) is 15.4 Å². The molecule has 5 heteroatoms. The van der Waals surface area contributed by atoms with Crippen LogP contribution in [0.25, 0.3) is 10.6 Å². The van der Waals surface area contributed by atoms with Gasteiger partial charge in [0.2, 0.25) is 0 Å². The van der Waals surface area contributed by atoms with Gasteiger partial charge < -0.3 is 14.6 Å². The van der Waals surface area contributed by atoms with E-state index in [1.165, 1.54) is 11.3 Å². The molecule has 0 saturated carbocycles. The lowest BCUT2D eigenvalue weighted by Crippen LogP contribution is -2.12. The van der Waals surface area contributed by atoms with Crippen LogP contribution < -0.4 is 9.47 Å². The molecule has 2 rings (SSSR count). The van der Waals surface area contributed by atoms with Gasteiger partial charge >= 0.3 is 0 Å². The Labute approximate surface area is 123 Å². The maximum absolute atomic E-state index is 10.00. The summed E-state index contributed by atoms with van der Waals surface area (Å²) < 4.78 is 10.8. The van der Waals surface area contributed by atoms with Crippen molar-refractivity contribution in [2.24, 2.45) is 0 Å². The molecule has 0 atom stereocenters. The lowest BCUT2D eigenvalue weighted by atomic mass is 10.1. The number of hydrogen-bond acceptors (Lipinski definition) is 5. The van der Waals surface area contributed by atoms with Crippen LogP contribution >= 0.6 is 11.3 Å². The molecule has 0 saturated heterocycles. The van der Waals surface area contributed by atoms with Gasteiger partial charge in [0.25, 0.3) is 0 Å². The second-order valence-electron chi connectivity index (χ2n) is 4.89. The maximum atomic E-state index is 10.00. The molecule has 0 aliphatic carbocycles. The van der Waals surface area contributed by atoms with Crippen LogP contribution in [0.1, 0.15) is 25.6 Å². The first kappa shape index (κ1) is 14.8. The number of thiazole rings is 1. The molecule has 0 spiro atoms. The molecule has 1 aromatic carbocycles. The maximum Gasteiger partial charge on any atom is 0.161 e. The molecule has 4 nitrogen and oxygen atoms in total.